The molecule has 2 rings (SSSR count). The van der Waals surface area contributed by atoms with Gasteiger partial charge in [-0.1, -0.05) is 17.7 Å². The second-order valence-corrected chi connectivity index (χ2v) is 5.34. The maximum Gasteiger partial charge on any atom is 0.207 e. The Bertz CT molecular complexity index is 447. The number of halogens is 1. The number of rotatable bonds is 2. The fraction of sp³-hybridized carbons (Fsp3) is 0.417. The Hall–Kier alpha value is -0.670. The standard InChI is InChI=1S/C12H14ClNOS/c1-8-4-5-9-10(6-8)15-12(2,7-16-3)14-11(9)13/h4-6H,7H2,1-3H3. The molecule has 0 N–H and O–H groups in total. The predicted octanol–water partition coefficient (Wildman–Crippen LogP) is 3.45. The summed E-state index contributed by atoms with van der Waals surface area (Å²) in [4.78, 5) is 4.41. The second kappa shape index (κ2) is 4.30. The molecule has 1 atom stereocenters. The van der Waals surface area contributed by atoms with Gasteiger partial charge in [-0.15, -0.1) is 0 Å². The molecule has 0 radical (unpaired) electrons. The molecule has 2 nitrogen and oxygen atoms in total. The van der Waals surface area contributed by atoms with Crippen LogP contribution in [0.3, 0.4) is 0 Å². The number of hydrogen-bond donors (Lipinski definition) is 0. The van der Waals surface area contributed by atoms with Crippen molar-refractivity contribution in [2.24, 2.45) is 4.99 Å². The average molecular weight is 256 g/mol. The third-order valence-corrected chi connectivity index (χ3v) is 3.55. The van der Waals surface area contributed by atoms with E-state index in [0.29, 0.717) is 5.17 Å². The molecular weight excluding hydrogens is 242 g/mol. The quantitative estimate of drug-likeness (QED) is 0.807. The number of aliphatic imine (C=N–C) groups is 1. The van der Waals surface area contributed by atoms with Crippen LogP contribution in [0.2, 0.25) is 0 Å². The van der Waals surface area contributed by atoms with Gasteiger partial charge in [-0.05, 0) is 37.8 Å². The number of aryl methyl sites for hydroxylation is 1. The predicted molar refractivity (Wildman–Crippen MR) is 71.0 cm³/mol. The van der Waals surface area contributed by atoms with Crippen molar-refractivity contribution in [2.45, 2.75) is 19.6 Å². The van der Waals surface area contributed by atoms with Crippen LogP contribution in [0, 0.1) is 6.92 Å². The zero-order valence-electron chi connectivity index (χ0n) is 9.58. The first-order chi connectivity index (χ1) is 7.54. The van der Waals surface area contributed by atoms with Crippen LogP contribution in [0.5, 0.6) is 5.75 Å². The minimum Gasteiger partial charge on any atom is -0.465 e. The van der Waals surface area contributed by atoms with Crippen molar-refractivity contribution in [3.05, 3.63) is 29.3 Å². The van der Waals surface area contributed by atoms with E-state index < -0.39 is 5.72 Å². The van der Waals surface area contributed by atoms with Crippen molar-refractivity contribution < 1.29 is 4.74 Å². The average Bonchev–Trinajstić information content (AvgIpc) is 2.15. The number of fused-ring (bicyclic) bond motifs is 1. The van der Waals surface area contributed by atoms with Crippen LogP contribution < -0.4 is 4.74 Å². The molecule has 0 fully saturated rings. The van der Waals surface area contributed by atoms with Crippen LogP contribution >= 0.6 is 23.4 Å². The molecule has 1 aliphatic rings. The van der Waals surface area contributed by atoms with Gasteiger partial charge >= 0.3 is 0 Å². The van der Waals surface area contributed by atoms with Gasteiger partial charge in [-0.25, -0.2) is 4.99 Å². The Balaban J connectivity index is 2.43. The third-order valence-electron chi connectivity index (χ3n) is 2.44. The first-order valence-corrected chi connectivity index (χ1v) is 6.85. The minimum atomic E-state index is -0.544. The maximum atomic E-state index is 6.18. The Morgan fingerprint density at radius 2 is 2.25 bits per heavy atom. The van der Waals surface area contributed by atoms with E-state index in [0.717, 1.165) is 22.6 Å². The van der Waals surface area contributed by atoms with Crippen LogP contribution in [0.25, 0.3) is 0 Å². The Kier molecular flexibility index (Phi) is 3.17. The van der Waals surface area contributed by atoms with Crippen molar-refractivity contribution in [1.82, 2.24) is 0 Å². The maximum absolute atomic E-state index is 6.18. The van der Waals surface area contributed by atoms with E-state index in [4.69, 9.17) is 16.3 Å². The fourth-order valence-electron chi connectivity index (χ4n) is 1.74. The highest BCUT2D eigenvalue weighted by Gasteiger charge is 2.31. The van der Waals surface area contributed by atoms with Crippen LogP contribution in [0.15, 0.2) is 23.2 Å². The van der Waals surface area contributed by atoms with Crippen molar-refractivity contribution in [2.75, 3.05) is 12.0 Å². The molecule has 0 saturated carbocycles. The minimum absolute atomic E-state index is 0.540. The summed E-state index contributed by atoms with van der Waals surface area (Å²) in [7, 11) is 0. The summed E-state index contributed by atoms with van der Waals surface area (Å²) < 4.78 is 5.92. The van der Waals surface area contributed by atoms with Crippen molar-refractivity contribution in [3.63, 3.8) is 0 Å². The number of ether oxygens (including phenoxy) is 1. The molecule has 0 aliphatic carbocycles. The van der Waals surface area contributed by atoms with Crippen molar-refractivity contribution in [1.29, 1.82) is 0 Å². The molecule has 1 heterocycles. The lowest BCUT2D eigenvalue weighted by Gasteiger charge is -2.31. The van der Waals surface area contributed by atoms with E-state index >= 15 is 0 Å². The molecule has 4 heteroatoms. The van der Waals surface area contributed by atoms with E-state index in [9.17, 15) is 0 Å². The van der Waals surface area contributed by atoms with E-state index in [2.05, 4.69) is 4.99 Å². The highest BCUT2D eigenvalue weighted by Crippen LogP contribution is 2.33. The first kappa shape index (κ1) is 11.8. The van der Waals surface area contributed by atoms with E-state index in [1.807, 2.05) is 38.3 Å². The zero-order valence-corrected chi connectivity index (χ0v) is 11.2. The summed E-state index contributed by atoms with van der Waals surface area (Å²) in [5, 5.41) is 0.540. The van der Waals surface area contributed by atoms with Gasteiger partial charge in [0.05, 0.1) is 11.3 Å². The molecule has 1 unspecified atom stereocenters. The largest absolute Gasteiger partial charge is 0.465 e. The van der Waals surface area contributed by atoms with E-state index in [1.165, 1.54) is 0 Å². The van der Waals surface area contributed by atoms with Crippen molar-refractivity contribution in [3.8, 4) is 5.75 Å². The molecule has 0 aromatic heterocycles. The van der Waals surface area contributed by atoms with Crippen LogP contribution in [0.1, 0.15) is 18.1 Å². The highest BCUT2D eigenvalue weighted by atomic mass is 35.5. The van der Waals surface area contributed by atoms with Gasteiger partial charge in [0.15, 0.2) is 0 Å². The second-order valence-electron chi connectivity index (χ2n) is 4.11. The SMILES string of the molecule is CSCC1(C)N=C(Cl)c2ccc(C)cc2O1. The Morgan fingerprint density at radius 1 is 1.50 bits per heavy atom. The Morgan fingerprint density at radius 3 is 2.94 bits per heavy atom. The molecule has 0 spiro atoms. The van der Waals surface area contributed by atoms with Crippen LogP contribution in [-0.2, 0) is 0 Å². The van der Waals surface area contributed by atoms with Gasteiger partial charge in [-0.3, -0.25) is 0 Å². The molecule has 0 amide bonds. The molecular formula is C12H14ClNOS. The smallest absolute Gasteiger partial charge is 0.207 e. The summed E-state index contributed by atoms with van der Waals surface area (Å²) in [6.07, 6.45) is 2.03. The fourth-order valence-corrected chi connectivity index (χ4v) is 2.74. The number of hydrogen-bond acceptors (Lipinski definition) is 3. The number of thioether (sulfide) groups is 1. The highest BCUT2D eigenvalue weighted by molar-refractivity contribution is 7.98. The monoisotopic (exact) mass is 255 g/mol. The molecule has 1 aromatic carbocycles. The summed E-state index contributed by atoms with van der Waals surface area (Å²) >= 11 is 7.88. The molecule has 1 aliphatic heterocycles. The summed E-state index contributed by atoms with van der Waals surface area (Å²) in [5.41, 5.74) is 1.50. The van der Waals surface area contributed by atoms with Gasteiger partial charge in [-0.2, -0.15) is 11.8 Å². The Labute approximate surface area is 105 Å². The first-order valence-electron chi connectivity index (χ1n) is 5.08. The number of benzene rings is 1. The lowest BCUT2D eigenvalue weighted by Crippen LogP contribution is -2.37. The molecule has 16 heavy (non-hydrogen) atoms. The van der Waals surface area contributed by atoms with Gasteiger partial charge < -0.3 is 4.74 Å². The molecule has 0 saturated heterocycles. The van der Waals surface area contributed by atoms with Crippen LogP contribution in [-0.4, -0.2) is 22.9 Å². The van der Waals surface area contributed by atoms with Gasteiger partial charge in [0.25, 0.3) is 0 Å². The van der Waals surface area contributed by atoms with Gasteiger partial charge in [0, 0.05) is 0 Å². The van der Waals surface area contributed by atoms with Gasteiger partial charge in [0.1, 0.15) is 10.9 Å². The zero-order chi connectivity index (χ0) is 11.8. The number of nitrogens with zero attached hydrogens (tertiary/aromatic N) is 1. The molecule has 86 valence electrons. The summed E-state index contributed by atoms with van der Waals surface area (Å²) in [5.74, 6) is 1.62. The molecule has 1 aromatic rings. The van der Waals surface area contributed by atoms with E-state index in [-0.39, 0.29) is 0 Å². The van der Waals surface area contributed by atoms with Crippen LogP contribution in [0.4, 0.5) is 0 Å². The van der Waals surface area contributed by atoms with Crippen molar-refractivity contribution >= 4 is 28.5 Å². The third kappa shape index (κ3) is 2.20. The summed E-state index contributed by atoms with van der Waals surface area (Å²) in [6.45, 7) is 3.99. The van der Waals surface area contributed by atoms with Gasteiger partial charge in [0.2, 0.25) is 5.72 Å². The van der Waals surface area contributed by atoms with E-state index in [1.54, 1.807) is 11.8 Å². The summed E-state index contributed by atoms with van der Waals surface area (Å²) in [6, 6.07) is 5.97. The normalized spacial score (nSPS) is 23.4. The topological polar surface area (TPSA) is 21.6 Å². The molecule has 0 bridgehead atoms. The lowest BCUT2D eigenvalue weighted by atomic mass is 10.1. The lowest BCUT2D eigenvalue weighted by molar-refractivity contribution is 0.121.